The molecule has 0 spiro atoms. The van der Waals surface area contributed by atoms with Gasteiger partial charge in [-0.15, -0.1) is 0 Å². The fourth-order valence-corrected chi connectivity index (χ4v) is 6.10. The van der Waals surface area contributed by atoms with Crippen LogP contribution in [0.1, 0.15) is 46.2 Å². The maximum Gasteiger partial charge on any atom is 0.161 e. The summed E-state index contributed by atoms with van der Waals surface area (Å²) in [6.07, 6.45) is 7.64. The average molecular weight is 570 g/mol. The van der Waals surface area contributed by atoms with E-state index < -0.39 is 0 Å². The second-order valence-corrected chi connectivity index (χ2v) is 11.2. The van der Waals surface area contributed by atoms with Gasteiger partial charge in [-0.2, -0.15) is 0 Å². The molecule has 1 aliphatic carbocycles. The molecule has 40 heavy (non-hydrogen) atoms. The van der Waals surface area contributed by atoms with Crippen LogP contribution in [0.3, 0.4) is 0 Å². The van der Waals surface area contributed by atoms with Gasteiger partial charge in [0, 0.05) is 33.4 Å². The summed E-state index contributed by atoms with van der Waals surface area (Å²) in [5.74, 6) is 2.24. The van der Waals surface area contributed by atoms with E-state index in [1.165, 1.54) is 22.4 Å². The topological polar surface area (TPSA) is 42.8 Å². The first-order chi connectivity index (χ1) is 19.5. The van der Waals surface area contributed by atoms with Gasteiger partial charge >= 0.3 is 0 Å². The number of nitrogens with one attached hydrogen (secondary N) is 1. The minimum Gasteiger partial charge on any atom is -0.493 e. The molecule has 0 saturated carbocycles. The lowest BCUT2D eigenvalue weighted by Crippen LogP contribution is -2.29. The summed E-state index contributed by atoms with van der Waals surface area (Å²) < 4.78 is 11.5. The van der Waals surface area contributed by atoms with Crippen LogP contribution in [0.25, 0.3) is 0 Å². The fourth-order valence-electron chi connectivity index (χ4n) is 5.64. The molecule has 0 bridgehead atoms. The highest BCUT2D eigenvalue weighted by Gasteiger charge is 2.37. The summed E-state index contributed by atoms with van der Waals surface area (Å²) in [7, 11) is 1.63. The summed E-state index contributed by atoms with van der Waals surface area (Å²) in [6.45, 7) is 2.47. The first kappa shape index (κ1) is 26.5. The minimum absolute atomic E-state index is 0.271. The lowest BCUT2D eigenvalue weighted by molar-refractivity contribution is 0.284. The van der Waals surface area contributed by atoms with Gasteiger partial charge in [-0.25, -0.2) is 0 Å². The average Bonchev–Trinajstić information content (AvgIpc) is 3.46. The van der Waals surface area contributed by atoms with E-state index in [0.717, 1.165) is 23.2 Å². The van der Waals surface area contributed by atoms with Crippen molar-refractivity contribution in [3.05, 3.63) is 129 Å². The van der Waals surface area contributed by atoms with E-state index in [1.807, 2.05) is 30.5 Å². The number of ether oxygens (including phenoxy) is 2. The van der Waals surface area contributed by atoms with Crippen LogP contribution in [0.4, 0.5) is 11.4 Å². The smallest absolute Gasteiger partial charge is 0.161 e. The number of hydrogen-bond acceptors (Lipinski definition) is 4. The third-order valence-electron chi connectivity index (χ3n) is 7.72. The molecule has 0 radical (unpaired) electrons. The van der Waals surface area contributed by atoms with Crippen LogP contribution in [-0.2, 0) is 6.61 Å². The Morgan fingerprint density at radius 2 is 1.80 bits per heavy atom. The highest BCUT2D eigenvalue weighted by molar-refractivity contribution is 6.35. The van der Waals surface area contributed by atoms with Crippen molar-refractivity contribution in [3.8, 4) is 11.5 Å². The molecule has 0 unspecified atom stereocenters. The standard InChI is InChI=1S/C34H30Cl2N2O2/c1-21-6-14-31-29(16-21)27-4-3-5-28(27)34(38-31)23-9-12-26(13-10-23)37-19-22-7-15-32(33(17-22)39-2)40-20-24-8-11-25(35)18-30(24)36/h3-4,6-19,27-28,34,38H,5,20H2,1-2H3/t27-,28+,34+/m1/s1. The van der Waals surface area contributed by atoms with Gasteiger partial charge in [-0.05, 0) is 84.5 Å². The van der Waals surface area contributed by atoms with Crippen LogP contribution < -0.4 is 14.8 Å². The van der Waals surface area contributed by atoms with Crippen molar-refractivity contribution in [2.24, 2.45) is 10.9 Å². The number of hydrogen-bond donors (Lipinski definition) is 1. The molecule has 6 rings (SSSR count). The Labute approximate surface area is 245 Å². The molecular formula is C34H30Cl2N2O2. The molecule has 202 valence electrons. The van der Waals surface area contributed by atoms with Crippen molar-refractivity contribution in [2.45, 2.75) is 31.9 Å². The van der Waals surface area contributed by atoms with Crippen molar-refractivity contribution in [2.75, 3.05) is 12.4 Å². The Morgan fingerprint density at radius 1 is 0.950 bits per heavy atom. The zero-order valence-corrected chi connectivity index (χ0v) is 23.9. The van der Waals surface area contributed by atoms with Crippen LogP contribution >= 0.6 is 23.2 Å². The van der Waals surface area contributed by atoms with Crippen molar-refractivity contribution in [1.29, 1.82) is 0 Å². The molecular weight excluding hydrogens is 539 g/mol. The molecule has 6 heteroatoms. The molecule has 2 aliphatic rings. The van der Waals surface area contributed by atoms with Crippen molar-refractivity contribution < 1.29 is 9.47 Å². The van der Waals surface area contributed by atoms with E-state index in [1.54, 1.807) is 19.2 Å². The van der Waals surface area contributed by atoms with Gasteiger partial charge in [0.2, 0.25) is 0 Å². The summed E-state index contributed by atoms with van der Waals surface area (Å²) in [6, 6.07) is 26.7. The van der Waals surface area contributed by atoms with Crippen LogP contribution in [-0.4, -0.2) is 13.3 Å². The number of halogens is 2. The van der Waals surface area contributed by atoms with E-state index >= 15 is 0 Å². The van der Waals surface area contributed by atoms with Gasteiger partial charge in [0.25, 0.3) is 0 Å². The Hall–Kier alpha value is -3.73. The molecule has 0 saturated heterocycles. The quantitative estimate of drug-likeness (QED) is 0.178. The van der Waals surface area contributed by atoms with Crippen molar-refractivity contribution in [1.82, 2.24) is 0 Å². The summed E-state index contributed by atoms with van der Waals surface area (Å²) in [4.78, 5) is 4.71. The van der Waals surface area contributed by atoms with Gasteiger partial charge in [0.15, 0.2) is 11.5 Å². The highest BCUT2D eigenvalue weighted by Crippen LogP contribution is 2.50. The minimum atomic E-state index is 0.271. The number of methoxy groups -OCH3 is 1. The number of anilines is 1. The van der Waals surface area contributed by atoms with E-state index in [-0.39, 0.29) is 6.04 Å². The van der Waals surface area contributed by atoms with Gasteiger partial charge in [-0.3, -0.25) is 4.99 Å². The third-order valence-corrected chi connectivity index (χ3v) is 8.31. The Kier molecular flexibility index (Phi) is 7.55. The number of rotatable bonds is 7. The number of allylic oxidation sites excluding steroid dienone is 2. The monoisotopic (exact) mass is 568 g/mol. The zero-order valence-electron chi connectivity index (χ0n) is 22.4. The zero-order chi connectivity index (χ0) is 27.6. The highest BCUT2D eigenvalue weighted by atomic mass is 35.5. The van der Waals surface area contributed by atoms with E-state index in [0.29, 0.717) is 40.0 Å². The van der Waals surface area contributed by atoms with Gasteiger partial charge in [-0.1, -0.05) is 71.2 Å². The summed E-state index contributed by atoms with van der Waals surface area (Å²) in [5, 5.41) is 4.98. The Morgan fingerprint density at radius 3 is 2.60 bits per heavy atom. The van der Waals surface area contributed by atoms with Gasteiger partial charge in [0.1, 0.15) is 6.61 Å². The molecule has 0 amide bonds. The normalized spacial score (nSPS) is 19.2. The van der Waals surface area contributed by atoms with Gasteiger partial charge in [0.05, 0.1) is 18.8 Å². The molecule has 4 aromatic rings. The first-order valence-corrected chi connectivity index (χ1v) is 14.2. The maximum absolute atomic E-state index is 6.28. The molecule has 0 fully saturated rings. The molecule has 0 aromatic heterocycles. The van der Waals surface area contributed by atoms with E-state index in [9.17, 15) is 0 Å². The van der Waals surface area contributed by atoms with Crippen LogP contribution in [0.15, 0.2) is 96.0 Å². The lowest BCUT2D eigenvalue weighted by Gasteiger charge is -2.37. The molecule has 1 N–H and O–H groups in total. The number of nitrogens with zero attached hydrogens (tertiary/aromatic N) is 1. The van der Waals surface area contributed by atoms with Gasteiger partial charge < -0.3 is 14.8 Å². The number of aliphatic imine (C=N–C) groups is 1. The molecule has 1 heterocycles. The predicted octanol–water partition coefficient (Wildman–Crippen LogP) is 9.47. The van der Waals surface area contributed by atoms with Crippen LogP contribution in [0.5, 0.6) is 11.5 Å². The predicted molar refractivity (Wildman–Crippen MR) is 165 cm³/mol. The molecule has 4 aromatic carbocycles. The maximum atomic E-state index is 6.28. The summed E-state index contributed by atoms with van der Waals surface area (Å²) in [5.41, 5.74) is 7.91. The van der Waals surface area contributed by atoms with Crippen LogP contribution in [0, 0.1) is 12.8 Å². The first-order valence-electron chi connectivity index (χ1n) is 13.4. The van der Waals surface area contributed by atoms with E-state index in [2.05, 4.69) is 66.9 Å². The molecule has 1 aliphatic heterocycles. The lowest BCUT2D eigenvalue weighted by atomic mass is 9.76. The number of benzene rings is 4. The van der Waals surface area contributed by atoms with Crippen molar-refractivity contribution in [3.63, 3.8) is 0 Å². The Balaban J connectivity index is 1.14. The fraction of sp³-hybridized carbons (Fsp3) is 0.206. The molecule has 4 nitrogen and oxygen atoms in total. The summed E-state index contributed by atoms with van der Waals surface area (Å²) >= 11 is 12.3. The Bertz CT molecular complexity index is 1600. The second-order valence-electron chi connectivity index (χ2n) is 10.4. The number of aryl methyl sites for hydroxylation is 1. The second kappa shape index (κ2) is 11.4. The van der Waals surface area contributed by atoms with E-state index in [4.69, 9.17) is 37.7 Å². The third kappa shape index (κ3) is 5.47. The largest absolute Gasteiger partial charge is 0.493 e. The van der Waals surface area contributed by atoms with Crippen LogP contribution in [0.2, 0.25) is 10.0 Å². The molecule has 3 atom stereocenters. The number of fused-ring (bicyclic) bond motifs is 3. The van der Waals surface area contributed by atoms with Crippen molar-refractivity contribution >= 4 is 40.8 Å². The SMILES string of the molecule is COc1cc(C=Nc2ccc([C@@H]3Nc4ccc(C)cc4[C@@H]4C=CC[C@@H]43)cc2)ccc1OCc1ccc(Cl)cc1Cl.